The first-order chi connectivity index (χ1) is 8.47. The molecular weight excluding hydrogens is 230 g/mol. The van der Waals surface area contributed by atoms with E-state index in [-0.39, 0.29) is 18.1 Å². The quantitative estimate of drug-likeness (QED) is 0.724. The van der Waals surface area contributed by atoms with Crippen molar-refractivity contribution >= 4 is 11.9 Å². The van der Waals surface area contributed by atoms with Crippen molar-refractivity contribution in [1.29, 1.82) is 0 Å². The van der Waals surface area contributed by atoms with Crippen LogP contribution >= 0.6 is 0 Å². The Labute approximate surface area is 108 Å². The zero-order chi connectivity index (χ0) is 13.5. The molecule has 0 amide bonds. The van der Waals surface area contributed by atoms with Gasteiger partial charge in [0, 0.05) is 6.54 Å². The summed E-state index contributed by atoms with van der Waals surface area (Å²) < 4.78 is 5.40. The van der Waals surface area contributed by atoms with Gasteiger partial charge >= 0.3 is 6.01 Å². The van der Waals surface area contributed by atoms with E-state index in [2.05, 4.69) is 34.1 Å². The van der Waals surface area contributed by atoms with Crippen molar-refractivity contribution in [2.75, 3.05) is 17.6 Å². The van der Waals surface area contributed by atoms with Crippen LogP contribution in [-0.2, 0) is 0 Å². The maximum absolute atomic E-state index is 5.61. The van der Waals surface area contributed by atoms with Gasteiger partial charge in [0.15, 0.2) is 0 Å². The first-order valence-electron chi connectivity index (χ1n) is 6.39. The van der Waals surface area contributed by atoms with E-state index >= 15 is 0 Å². The molecule has 1 aromatic rings. The molecule has 0 aliphatic heterocycles. The smallest absolute Gasteiger partial charge is 0.323 e. The summed E-state index contributed by atoms with van der Waals surface area (Å²) in [6.07, 6.45) is 2.26. The molecule has 0 saturated heterocycles. The van der Waals surface area contributed by atoms with Gasteiger partial charge in [-0.1, -0.05) is 13.8 Å². The number of nitrogens with two attached hydrogens (primary N) is 1. The normalized spacial score (nSPS) is 11.0. The molecule has 0 atom stereocenters. The SMILES string of the molecule is CC(C)CCCNc1nc(N)nc(OC(C)C)n1. The van der Waals surface area contributed by atoms with E-state index in [1.807, 2.05) is 13.8 Å². The molecule has 0 unspecified atom stereocenters. The van der Waals surface area contributed by atoms with Crippen LogP contribution in [0.1, 0.15) is 40.5 Å². The molecule has 102 valence electrons. The summed E-state index contributed by atoms with van der Waals surface area (Å²) >= 11 is 0. The molecule has 0 aliphatic rings. The standard InChI is InChI=1S/C12H23N5O/c1-8(2)6-5-7-14-11-15-10(13)16-12(17-11)18-9(3)4/h8-9H,5-7H2,1-4H3,(H3,13,14,15,16,17). The molecule has 0 fully saturated rings. The lowest BCUT2D eigenvalue weighted by Gasteiger charge is -2.10. The molecule has 0 bridgehead atoms. The summed E-state index contributed by atoms with van der Waals surface area (Å²) in [7, 11) is 0. The molecular formula is C12H23N5O. The van der Waals surface area contributed by atoms with Crippen LogP contribution in [0.25, 0.3) is 0 Å². The van der Waals surface area contributed by atoms with Crippen LogP contribution in [0, 0.1) is 5.92 Å². The van der Waals surface area contributed by atoms with Crippen LogP contribution in [-0.4, -0.2) is 27.6 Å². The number of nitrogen functional groups attached to an aromatic ring is 1. The second-order valence-corrected chi connectivity index (χ2v) is 4.93. The first kappa shape index (κ1) is 14.5. The van der Waals surface area contributed by atoms with Gasteiger partial charge < -0.3 is 15.8 Å². The van der Waals surface area contributed by atoms with Gasteiger partial charge in [0.25, 0.3) is 0 Å². The molecule has 0 aliphatic carbocycles. The van der Waals surface area contributed by atoms with Crippen molar-refractivity contribution in [1.82, 2.24) is 15.0 Å². The van der Waals surface area contributed by atoms with Crippen molar-refractivity contribution in [2.24, 2.45) is 5.92 Å². The lowest BCUT2D eigenvalue weighted by molar-refractivity contribution is 0.222. The Morgan fingerprint density at radius 3 is 2.50 bits per heavy atom. The average Bonchev–Trinajstić information content (AvgIpc) is 2.22. The number of hydrogen-bond acceptors (Lipinski definition) is 6. The summed E-state index contributed by atoms with van der Waals surface area (Å²) in [4.78, 5) is 12.1. The highest BCUT2D eigenvalue weighted by Gasteiger charge is 2.06. The number of hydrogen-bond donors (Lipinski definition) is 2. The van der Waals surface area contributed by atoms with Crippen LogP contribution in [0.2, 0.25) is 0 Å². The van der Waals surface area contributed by atoms with Gasteiger partial charge in [0.1, 0.15) is 0 Å². The molecule has 18 heavy (non-hydrogen) atoms. The highest BCUT2D eigenvalue weighted by molar-refractivity contribution is 5.32. The number of nitrogens with zero attached hydrogens (tertiary/aromatic N) is 3. The second-order valence-electron chi connectivity index (χ2n) is 4.93. The van der Waals surface area contributed by atoms with Crippen LogP contribution < -0.4 is 15.8 Å². The highest BCUT2D eigenvalue weighted by Crippen LogP contribution is 2.11. The van der Waals surface area contributed by atoms with Gasteiger partial charge in [0.2, 0.25) is 11.9 Å². The number of nitrogens with one attached hydrogen (secondary N) is 1. The largest absolute Gasteiger partial charge is 0.461 e. The van der Waals surface area contributed by atoms with E-state index in [0.29, 0.717) is 11.9 Å². The van der Waals surface area contributed by atoms with Crippen LogP contribution in [0.4, 0.5) is 11.9 Å². The van der Waals surface area contributed by atoms with E-state index < -0.39 is 0 Å². The van der Waals surface area contributed by atoms with Crippen LogP contribution in [0.3, 0.4) is 0 Å². The lowest BCUT2D eigenvalue weighted by Crippen LogP contribution is -2.13. The van der Waals surface area contributed by atoms with Crippen molar-refractivity contribution < 1.29 is 4.74 Å². The Morgan fingerprint density at radius 2 is 1.89 bits per heavy atom. The van der Waals surface area contributed by atoms with Gasteiger partial charge in [-0.25, -0.2) is 0 Å². The van der Waals surface area contributed by atoms with Crippen molar-refractivity contribution in [3.8, 4) is 6.01 Å². The zero-order valence-corrected chi connectivity index (χ0v) is 11.6. The lowest BCUT2D eigenvalue weighted by atomic mass is 10.1. The van der Waals surface area contributed by atoms with E-state index in [1.165, 1.54) is 6.42 Å². The third kappa shape index (κ3) is 5.65. The predicted molar refractivity (Wildman–Crippen MR) is 72.6 cm³/mol. The molecule has 1 aromatic heterocycles. The minimum absolute atomic E-state index is 0.0144. The van der Waals surface area contributed by atoms with Crippen molar-refractivity contribution in [3.63, 3.8) is 0 Å². The number of aromatic nitrogens is 3. The molecule has 6 nitrogen and oxygen atoms in total. The Hall–Kier alpha value is -1.59. The molecule has 1 heterocycles. The minimum atomic E-state index is 0.0144. The highest BCUT2D eigenvalue weighted by atomic mass is 16.5. The Balaban J connectivity index is 2.51. The Morgan fingerprint density at radius 1 is 1.17 bits per heavy atom. The summed E-state index contributed by atoms with van der Waals surface area (Å²) in [6, 6.07) is 0.267. The molecule has 0 radical (unpaired) electrons. The molecule has 0 aromatic carbocycles. The molecule has 6 heteroatoms. The molecule has 0 spiro atoms. The maximum Gasteiger partial charge on any atom is 0.323 e. The van der Waals surface area contributed by atoms with E-state index in [9.17, 15) is 0 Å². The fraction of sp³-hybridized carbons (Fsp3) is 0.750. The number of rotatable bonds is 7. The van der Waals surface area contributed by atoms with Gasteiger partial charge in [-0.05, 0) is 32.6 Å². The minimum Gasteiger partial charge on any atom is -0.461 e. The van der Waals surface area contributed by atoms with Crippen molar-refractivity contribution in [2.45, 2.75) is 46.6 Å². The Kier molecular flexibility index (Phi) is 5.61. The average molecular weight is 253 g/mol. The first-order valence-corrected chi connectivity index (χ1v) is 6.39. The number of anilines is 2. The zero-order valence-electron chi connectivity index (χ0n) is 11.6. The summed E-state index contributed by atoms with van der Waals surface area (Å²) in [5, 5.41) is 3.13. The van der Waals surface area contributed by atoms with E-state index in [4.69, 9.17) is 10.5 Å². The third-order valence-corrected chi connectivity index (χ3v) is 2.21. The van der Waals surface area contributed by atoms with Gasteiger partial charge in [0.05, 0.1) is 6.10 Å². The topological polar surface area (TPSA) is 86.0 Å². The van der Waals surface area contributed by atoms with Crippen LogP contribution in [0.15, 0.2) is 0 Å². The fourth-order valence-electron chi connectivity index (χ4n) is 1.43. The molecule has 3 N–H and O–H groups in total. The predicted octanol–water partition coefficient (Wildman–Crippen LogP) is 2.09. The second kappa shape index (κ2) is 6.98. The maximum atomic E-state index is 5.61. The summed E-state index contributed by atoms with van der Waals surface area (Å²) in [5.41, 5.74) is 5.61. The molecule has 0 saturated carbocycles. The van der Waals surface area contributed by atoms with Gasteiger partial charge in [-0.15, -0.1) is 0 Å². The van der Waals surface area contributed by atoms with E-state index in [1.54, 1.807) is 0 Å². The monoisotopic (exact) mass is 253 g/mol. The summed E-state index contributed by atoms with van der Waals surface area (Å²) in [6.45, 7) is 9.05. The summed E-state index contributed by atoms with van der Waals surface area (Å²) in [5.74, 6) is 1.35. The fourth-order valence-corrected chi connectivity index (χ4v) is 1.43. The van der Waals surface area contributed by atoms with Crippen molar-refractivity contribution in [3.05, 3.63) is 0 Å². The number of ether oxygens (including phenoxy) is 1. The van der Waals surface area contributed by atoms with Crippen LogP contribution in [0.5, 0.6) is 6.01 Å². The molecule has 1 rings (SSSR count). The van der Waals surface area contributed by atoms with Gasteiger partial charge in [-0.3, -0.25) is 0 Å². The van der Waals surface area contributed by atoms with Gasteiger partial charge in [-0.2, -0.15) is 15.0 Å². The third-order valence-electron chi connectivity index (χ3n) is 2.21. The Bertz CT molecular complexity index is 367. The van der Waals surface area contributed by atoms with E-state index in [0.717, 1.165) is 13.0 Å².